The van der Waals surface area contributed by atoms with Crippen molar-refractivity contribution in [3.63, 3.8) is 0 Å². The highest BCUT2D eigenvalue weighted by atomic mass is 16.6. The maximum atomic E-state index is 13.4. The summed E-state index contributed by atoms with van der Waals surface area (Å²) in [4.78, 5) is 43.3. The molecule has 2 atom stereocenters. The molecule has 0 spiro atoms. The van der Waals surface area contributed by atoms with E-state index in [9.17, 15) is 29.9 Å². The van der Waals surface area contributed by atoms with Crippen molar-refractivity contribution in [1.82, 2.24) is 0 Å². The van der Waals surface area contributed by atoms with Gasteiger partial charge in [-0.2, -0.15) is 0 Å². The van der Waals surface area contributed by atoms with Crippen LogP contribution in [0.2, 0.25) is 0 Å². The summed E-state index contributed by atoms with van der Waals surface area (Å²) >= 11 is 0. The molecule has 202 valence electrons. The molecule has 2 N–H and O–H groups in total. The van der Waals surface area contributed by atoms with Crippen molar-refractivity contribution in [2.75, 3.05) is 31.7 Å². The van der Waals surface area contributed by atoms with E-state index in [1.807, 2.05) is 6.92 Å². The van der Waals surface area contributed by atoms with Crippen LogP contribution in [0.1, 0.15) is 38.7 Å². The van der Waals surface area contributed by atoms with Gasteiger partial charge in [-0.05, 0) is 38.0 Å². The third kappa shape index (κ3) is 5.93. The number of carbonyl (C=O) groups is 2. The van der Waals surface area contributed by atoms with Crippen LogP contribution < -0.4 is 4.90 Å². The van der Waals surface area contributed by atoms with Crippen LogP contribution in [-0.4, -0.2) is 59.6 Å². The van der Waals surface area contributed by atoms with E-state index >= 15 is 0 Å². The number of hydrogen-bond acceptors (Lipinski definition) is 10. The Morgan fingerprint density at radius 3 is 2.50 bits per heavy atom. The Hall–Kier alpha value is -4.41. The molecule has 0 saturated carbocycles. The number of nitro groups is 1. The van der Waals surface area contributed by atoms with Crippen LogP contribution in [-0.2, 0) is 19.1 Å². The first kappa shape index (κ1) is 28.2. The third-order valence-corrected chi connectivity index (χ3v) is 6.37. The molecular formula is C27H31N3O8. The predicted molar refractivity (Wildman–Crippen MR) is 140 cm³/mol. The number of nitrogens with zero attached hydrogens (tertiary/aromatic N) is 3. The van der Waals surface area contributed by atoms with Gasteiger partial charge in [-0.3, -0.25) is 19.9 Å². The number of carbonyl (C=O) groups excluding carboxylic acids is 2. The molecule has 0 aliphatic carbocycles. The lowest BCUT2D eigenvalue weighted by atomic mass is 9.75. The van der Waals surface area contributed by atoms with Gasteiger partial charge in [0.25, 0.3) is 5.69 Å². The summed E-state index contributed by atoms with van der Waals surface area (Å²) in [6.07, 6.45) is 0.733. The smallest absolute Gasteiger partial charge is 0.336 e. The summed E-state index contributed by atoms with van der Waals surface area (Å²) in [5, 5.41) is 31.6. The van der Waals surface area contributed by atoms with Crippen molar-refractivity contribution < 1.29 is 34.2 Å². The number of nitro benzene ring substituents is 1. The minimum atomic E-state index is -0.978. The number of rotatable bonds is 10. The second-order valence-electron chi connectivity index (χ2n) is 8.85. The molecule has 2 unspecified atom stereocenters. The molecule has 38 heavy (non-hydrogen) atoms. The van der Waals surface area contributed by atoms with Gasteiger partial charge in [0.2, 0.25) is 0 Å². The van der Waals surface area contributed by atoms with Crippen LogP contribution in [0.4, 0.5) is 11.4 Å². The summed E-state index contributed by atoms with van der Waals surface area (Å²) in [6, 6.07) is 10.4. The van der Waals surface area contributed by atoms with Gasteiger partial charge in [-0.25, -0.2) is 4.79 Å². The van der Waals surface area contributed by atoms with Gasteiger partial charge in [0.05, 0.1) is 29.8 Å². The van der Waals surface area contributed by atoms with Crippen LogP contribution in [0.15, 0.2) is 58.7 Å². The number of para-hydroxylation sites is 1. The van der Waals surface area contributed by atoms with Crippen molar-refractivity contribution in [3.05, 3.63) is 69.4 Å². The first-order chi connectivity index (χ1) is 18.1. The number of benzene rings is 2. The van der Waals surface area contributed by atoms with Crippen LogP contribution in [0.25, 0.3) is 0 Å². The predicted octanol–water partition coefficient (Wildman–Crippen LogP) is 4.09. The quantitative estimate of drug-likeness (QED) is 0.202. The zero-order chi connectivity index (χ0) is 28.0. The zero-order valence-corrected chi connectivity index (χ0v) is 21.7. The molecule has 0 saturated heterocycles. The van der Waals surface area contributed by atoms with Gasteiger partial charge in [0.1, 0.15) is 12.5 Å². The molecule has 1 aliphatic rings. The molecule has 1 aliphatic heterocycles. The molecule has 2 aromatic carbocycles. The molecule has 3 rings (SSSR count). The van der Waals surface area contributed by atoms with E-state index in [2.05, 4.69) is 4.99 Å². The SMILES string of the molecule is CCCN(CCOC(=O)C1=C(C)N=C(C)C(C(=O)OC)C1c1cccc([N+](=O)[O-])c1)c1cccc(O)c1O. The Balaban J connectivity index is 1.92. The second kappa shape index (κ2) is 12.2. The number of esters is 2. The summed E-state index contributed by atoms with van der Waals surface area (Å²) in [5.74, 6) is -3.77. The van der Waals surface area contributed by atoms with E-state index < -0.39 is 28.7 Å². The topological polar surface area (TPSA) is 152 Å². The monoisotopic (exact) mass is 525 g/mol. The number of anilines is 1. The fourth-order valence-corrected chi connectivity index (χ4v) is 4.65. The Bertz CT molecular complexity index is 1290. The van der Waals surface area contributed by atoms with E-state index in [0.717, 1.165) is 6.42 Å². The number of ether oxygens (including phenoxy) is 2. The van der Waals surface area contributed by atoms with Crippen molar-refractivity contribution in [2.45, 2.75) is 33.1 Å². The number of phenolic OH excluding ortho intramolecular Hbond substituents is 2. The number of aliphatic imine (C=N–C) groups is 1. The van der Waals surface area contributed by atoms with Gasteiger partial charge in [0, 0.05) is 36.0 Å². The molecule has 0 amide bonds. The third-order valence-electron chi connectivity index (χ3n) is 6.37. The number of methoxy groups -OCH3 is 1. The highest BCUT2D eigenvalue weighted by Crippen LogP contribution is 2.41. The molecule has 1 heterocycles. The van der Waals surface area contributed by atoms with E-state index in [1.54, 1.807) is 36.9 Å². The highest BCUT2D eigenvalue weighted by Gasteiger charge is 2.42. The summed E-state index contributed by atoms with van der Waals surface area (Å²) in [7, 11) is 1.22. The van der Waals surface area contributed by atoms with E-state index in [-0.39, 0.29) is 35.9 Å². The van der Waals surface area contributed by atoms with Crippen molar-refractivity contribution in [2.24, 2.45) is 10.9 Å². The lowest BCUT2D eigenvalue weighted by Crippen LogP contribution is -2.36. The fourth-order valence-electron chi connectivity index (χ4n) is 4.65. The maximum Gasteiger partial charge on any atom is 0.336 e. The van der Waals surface area contributed by atoms with Crippen LogP contribution in [0, 0.1) is 16.0 Å². The molecule has 0 radical (unpaired) electrons. The molecular weight excluding hydrogens is 494 g/mol. The van der Waals surface area contributed by atoms with E-state index in [0.29, 0.717) is 29.2 Å². The molecule has 0 fully saturated rings. The first-order valence-corrected chi connectivity index (χ1v) is 12.1. The molecule has 11 nitrogen and oxygen atoms in total. The van der Waals surface area contributed by atoms with Gasteiger partial charge >= 0.3 is 11.9 Å². The number of hydrogen-bond donors (Lipinski definition) is 2. The molecule has 2 aromatic rings. The number of non-ortho nitro benzene ring substituents is 1. The molecule has 0 bridgehead atoms. The largest absolute Gasteiger partial charge is 0.504 e. The van der Waals surface area contributed by atoms with E-state index in [1.165, 1.54) is 31.4 Å². The van der Waals surface area contributed by atoms with Crippen LogP contribution >= 0.6 is 0 Å². The van der Waals surface area contributed by atoms with Gasteiger partial charge in [0.15, 0.2) is 11.5 Å². The van der Waals surface area contributed by atoms with Gasteiger partial charge in [-0.15, -0.1) is 0 Å². The highest BCUT2D eigenvalue weighted by molar-refractivity contribution is 6.07. The maximum absolute atomic E-state index is 13.4. The van der Waals surface area contributed by atoms with Crippen molar-refractivity contribution >= 4 is 29.0 Å². The number of aromatic hydroxyl groups is 2. The Morgan fingerprint density at radius 2 is 1.84 bits per heavy atom. The second-order valence-corrected chi connectivity index (χ2v) is 8.85. The molecule has 11 heteroatoms. The Kier molecular flexibility index (Phi) is 9.06. The normalized spacial score (nSPS) is 17.0. The van der Waals surface area contributed by atoms with Crippen molar-refractivity contribution in [1.29, 1.82) is 0 Å². The average Bonchev–Trinajstić information content (AvgIpc) is 2.89. The fraction of sp³-hybridized carbons (Fsp3) is 0.370. The van der Waals surface area contributed by atoms with Crippen molar-refractivity contribution in [3.8, 4) is 11.5 Å². The first-order valence-electron chi connectivity index (χ1n) is 12.1. The minimum Gasteiger partial charge on any atom is -0.504 e. The number of phenols is 2. The van der Waals surface area contributed by atoms with Crippen LogP contribution in [0.5, 0.6) is 11.5 Å². The summed E-state index contributed by atoms with van der Waals surface area (Å²) in [5.41, 5.74) is 1.45. The summed E-state index contributed by atoms with van der Waals surface area (Å²) < 4.78 is 10.6. The van der Waals surface area contributed by atoms with Crippen LogP contribution in [0.3, 0.4) is 0 Å². The number of allylic oxidation sites excluding steroid dienone is 1. The van der Waals surface area contributed by atoms with Gasteiger partial charge in [-0.1, -0.05) is 25.1 Å². The Morgan fingerprint density at radius 1 is 1.13 bits per heavy atom. The standard InChI is InChI=1S/C27H31N3O8/c1-5-12-29(20-10-7-11-21(31)25(20)32)13-14-38-27(34)23-17(3)28-16(2)22(26(33)37-4)24(23)18-8-6-9-19(15-18)30(35)36/h6-11,15,22,24,31-32H,5,12-14H2,1-4H3. The van der Waals surface area contributed by atoms with E-state index in [4.69, 9.17) is 9.47 Å². The molecule has 0 aromatic heterocycles. The summed E-state index contributed by atoms with van der Waals surface area (Å²) in [6.45, 7) is 5.88. The lowest BCUT2D eigenvalue weighted by molar-refractivity contribution is -0.384. The Labute approximate surface area is 220 Å². The average molecular weight is 526 g/mol. The zero-order valence-electron chi connectivity index (χ0n) is 21.7. The lowest BCUT2D eigenvalue weighted by Gasteiger charge is -2.31. The minimum absolute atomic E-state index is 0.0715. The van der Waals surface area contributed by atoms with Gasteiger partial charge < -0.3 is 24.6 Å².